The summed E-state index contributed by atoms with van der Waals surface area (Å²) in [6, 6.07) is 7.46. The van der Waals surface area contributed by atoms with Crippen LogP contribution in [0.4, 0.5) is 11.4 Å². The van der Waals surface area contributed by atoms with E-state index in [1.54, 1.807) is 6.20 Å². The van der Waals surface area contributed by atoms with E-state index in [-0.39, 0.29) is 0 Å². The lowest BCUT2D eigenvalue weighted by molar-refractivity contribution is 0.326. The molecule has 1 saturated carbocycles. The van der Waals surface area contributed by atoms with Crippen molar-refractivity contribution in [2.75, 3.05) is 24.1 Å². The first-order valence-electron chi connectivity index (χ1n) is 7.55. The molecule has 0 radical (unpaired) electrons. The number of pyridine rings is 1. The highest BCUT2D eigenvalue weighted by Gasteiger charge is 2.34. The largest absolute Gasteiger partial charge is 0.396 e. The Labute approximate surface area is 132 Å². The fourth-order valence-electron chi connectivity index (χ4n) is 3.22. The third-order valence-electron chi connectivity index (χ3n) is 4.49. The van der Waals surface area contributed by atoms with E-state index in [9.17, 15) is 0 Å². The summed E-state index contributed by atoms with van der Waals surface area (Å²) in [6.45, 7) is 2.33. The molecule has 3 N–H and O–H groups in total. The molecule has 0 bridgehead atoms. The SMILES string of the molecule is Nc1cnc2ccc(Br)cc2c1NC1CCN(C2CC2)C1. The third kappa shape index (κ3) is 2.60. The second kappa shape index (κ2) is 5.14. The predicted octanol–water partition coefficient (Wildman–Crippen LogP) is 3.23. The maximum Gasteiger partial charge on any atom is 0.0743 e. The molecule has 1 unspecified atom stereocenters. The van der Waals surface area contributed by atoms with Gasteiger partial charge in [-0.3, -0.25) is 9.88 Å². The van der Waals surface area contributed by atoms with Crippen LogP contribution >= 0.6 is 15.9 Å². The van der Waals surface area contributed by atoms with Gasteiger partial charge >= 0.3 is 0 Å². The van der Waals surface area contributed by atoms with E-state index in [0.717, 1.165) is 39.3 Å². The molecule has 21 heavy (non-hydrogen) atoms. The highest BCUT2D eigenvalue weighted by molar-refractivity contribution is 9.10. The zero-order chi connectivity index (χ0) is 14.4. The molecule has 1 aliphatic heterocycles. The van der Waals surface area contributed by atoms with Gasteiger partial charge < -0.3 is 11.1 Å². The van der Waals surface area contributed by atoms with Gasteiger partial charge in [-0.25, -0.2) is 0 Å². The summed E-state index contributed by atoms with van der Waals surface area (Å²) >= 11 is 3.54. The average Bonchev–Trinajstić information content (AvgIpc) is 3.22. The number of nitrogens with two attached hydrogens (primary N) is 1. The number of fused-ring (bicyclic) bond motifs is 1. The second-order valence-corrected chi connectivity index (χ2v) is 7.02. The smallest absolute Gasteiger partial charge is 0.0743 e. The van der Waals surface area contributed by atoms with Crippen LogP contribution in [0.5, 0.6) is 0 Å². The van der Waals surface area contributed by atoms with E-state index in [0.29, 0.717) is 6.04 Å². The van der Waals surface area contributed by atoms with Crippen LogP contribution in [0.25, 0.3) is 10.9 Å². The molecule has 2 aliphatic rings. The van der Waals surface area contributed by atoms with Crippen molar-refractivity contribution in [3.05, 3.63) is 28.9 Å². The van der Waals surface area contributed by atoms with Gasteiger partial charge in [0.1, 0.15) is 0 Å². The van der Waals surface area contributed by atoms with Crippen LogP contribution in [0.15, 0.2) is 28.9 Å². The Morgan fingerprint density at radius 3 is 2.95 bits per heavy atom. The lowest BCUT2D eigenvalue weighted by atomic mass is 10.1. The topological polar surface area (TPSA) is 54.2 Å². The Morgan fingerprint density at radius 2 is 2.14 bits per heavy atom. The summed E-state index contributed by atoms with van der Waals surface area (Å²) in [6.07, 6.45) is 5.69. The normalized spacial score (nSPS) is 22.8. The van der Waals surface area contributed by atoms with Crippen molar-refractivity contribution in [3.63, 3.8) is 0 Å². The molecule has 2 heterocycles. The van der Waals surface area contributed by atoms with Crippen LogP contribution < -0.4 is 11.1 Å². The molecule has 0 spiro atoms. The van der Waals surface area contributed by atoms with Crippen molar-refractivity contribution in [2.45, 2.75) is 31.3 Å². The molecule has 0 amide bonds. The van der Waals surface area contributed by atoms with Crippen LogP contribution in [-0.4, -0.2) is 35.1 Å². The second-order valence-electron chi connectivity index (χ2n) is 6.11. The number of likely N-dealkylation sites (tertiary alicyclic amines) is 1. The first-order valence-corrected chi connectivity index (χ1v) is 8.34. The molecular weight excluding hydrogens is 328 g/mol. The minimum atomic E-state index is 0.484. The number of nitrogens with one attached hydrogen (secondary N) is 1. The van der Waals surface area contributed by atoms with Gasteiger partial charge in [0.25, 0.3) is 0 Å². The maximum absolute atomic E-state index is 6.17. The van der Waals surface area contributed by atoms with Gasteiger partial charge in [0.15, 0.2) is 0 Å². The Balaban J connectivity index is 1.63. The van der Waals surface area contributed by atoms with Crippen molar-refractivity contribution < 1.29 is 0 Å². The van der Waals surface area contributed by atoms with Crippen molar-refractivity contribution in [2.24, 2.45) is 0 Å². The quantitative estimate of drug-likeness (QED) is 0.895. The fourth-order valence-corrected chi connectivity index (χ4v) is 3.58. The van der Waals surface area contributed by atoms with Crippen LogP contribution in [0.2, 0.25) is 0 Å². The lowest BCUT2D eigenvalue weighted by Gasteiger charge is -2.19. The average molecular weight is 347 g/mol. The number of rotatable bonds is 3. The summed E-state index contributed by atoms with van der Waals surface area (Å²) in [4.78, 5) is 7.02. The first kappa shape index (κ1) is 13.3. The Bertz CT molecular complexity index is 678. The van der Waals surface area contributed by atoms with Crippen LogP contribution in [-0.2, 0) is 0 Å². The summed E-state index contributed by atoms with van der Waals surface area (Å²) in [5, 5.41) is 4.76. The number of anilines is 2. The Morgan fingerprint density at radius 1 is 1.29 bits per heavy atom. The Kier molecular flexibility index (Phi) is 3.27. The number of benzene rings is 1. The standard InChI is InChI=1S/C16H19BrN4/c17-10-1-4-15-13(7-10)16(14(18)8-19-15)20-11-5-6-21(9-11)12-2-3-12/h1,4,7-8,11-12H,2-3,5-6,9,18H2,(H,19,20). The molecule has 2 fully saturated rings. The first-order chi connectivity index (χ1) is 10.2. The summed E-state index contributed by atoms with van der Waals surface area (Å²) < 4.78 is 1.05. The molecule has 1 aromatic heterocycles. The van der Waals surface area contributed by atoms with E-state index in [4.69, 9.17) is 5.73 Å². The number of hydrogen-bond donors (Lipinski definition) is 2. The van der Waals surface area contributed by atoms with Crippen molar-refractivity contribution in [3.8, 4) is 0 Å². The van der Waals surface area contributed by atoms with Crippen molar-refractivity contribution in [1.82, 2.24) is 9.88 Å². The molecule has 2 aromatic rings. The van der Waals surface area contributed by atoms with Gasteiger partial charge in [-0.15, -0.1) is 0 Å². The predicted molar refractivity (Wildman–Crippen MR) is 90.5 cm³/mol. The zero-order valence-corrected chi connectivity index (χ0v) is 13.4. The van der Waals surface area contributed by atoms with Gasteiger partial charge in [-0.05, 0) is 37.5 Å². The van der Waals surface area contributed by atoms with E-state index in [1.165, 1.54) is 25.8 Å². The Hall–Kier alpha value is -1.33. The van der Waals surface area contributed by atoms with Gasteiger partial charge in [-0.2, -0.15) is 0 Å². The minimum Gasteiger partial charge on any atom is -0.396 e. The number of hydrogen-bond acceptors (Lipinski definition) is 4. The van der Waals surface area contributed by atoms with Gasteiger partial charge in [0.05, 0.1) is 23.1 Å². The molecule has 4 nitrogen and oxygen atoms in total. The summed E-state index contributed by atoms with van der Waals surface area (Å²) in [5.74, 6) is 0. The highest BCUT2D eigenvalue weighted by atomic mass is 79.9. The van der Waals surface area contributed by atoms with E-state index in [1.807, 2.05) is 12.1 Å². The summed E-state index contributed by atoms with van der Waals surface area (Å²) in [5.41, 5.74) is 8.91. The minimum absolute atomic E-state index is 0.484. The molecule has 1 atom stereocenters. The highest BCUT2D eigenvalue weighted by Crippen LogP contribution is 2.34. The molecule has 4 rings (SSSR count). The van der Waals surface area contributed by atoms with Crippen molar-refractivity contribution >= 4 is 38.2 Å². The molecule has 1 aromatic carbocycles. The zero-order valence-electron chi connectivity index (χ0n) is 11.8. The van der Waals surface area contributed by atoms with E-state index < -0.39 is 0 Å². The lowest BCUT2D eigenvalue weighted by Crippen LogP contribution is -2.28. The third-order valence-corrected chi connectivity index (χ3v) is 4.98. The molecule has 1 saturated heterocycles. The molecule has 110 valence electrons. The number of nitrogen functional groups attached to an aromatic ring is 1. The van der Waals surface area contributed by atoms with Crippen LogP contribution in [0, 0.1) is 0 Å². The van der Waals surface area contributed by atoms with Crippen LogP contribution in [0.3, 0.4) is 0 Å². The molecule has 5 heteroatoms. The molecule has 1 aliphatic carbocycles. The summed E-state index contributed by atoms with van der Waals surface area (Å²) in [7, 11) is 0. The monoisotopic (exact) mass is 346 g/mol. The van der Waals surface area contributed by atoms with Gasteiger partial charge in [0, 0.05) is 35.0 Å². The van der Waals surface area contributed by atoms with Gasteiger partial charge in [0.2, 0.25) is 0 Å². The van der Waals surface area contributed by atoms with Crippen LogP contribution in [0.1, 0.15) is 19.3 Å². The number of halogens is 1. The van der Waals surface area contributed by atoms with Crippen molar-refractivity contribution in [1.29, 1.82) is 0 Å². The van der Waals surface area contributed by atoms with E-state index >= 15 is 0 Å². The fraction of sp³-hybridized carbons (Fsp3) is 0.438. The number of nitrogens with zero attached hydrogens (tertiary/aromatic N) is 2. The van der Waals surface area contributed by atoms with Gasteiger partial charge in [-0.1, -0.05) is 15.9 Å². The van der Waals surface area contributed by atoms with E-state index in [2.05, 4.69) is 37.2 Å². The molecular formula is C16H19BrN4. The maximum atomic E-state index is 6.17. The number of aromatic nitrogens is 1.